The molecule has 0 unspecified atom stereocenters. The molecule has 0 radical (unpaired) electrons. The van der Waals surface area contributed by atoms with E-state index in [0.29, 0.717) is 10.8 Å². The van der Waals surface area contributed by atoms with Gasteiger partial charge in [0.05, 0.1) is 16.3 Å². The summed E-state index contributed by atoms with van der Waals surface area (Å²) in [5.74, 6) is 0.674. The molecular formula is C14H19N5S2. The highest BCUT2D eigenvalue weighted by Crippen LogP contribution is 2.21. The molecule has 0 aliphatic carbocycles. The first-order valence-corrected chi connectivity index (χ1v) is 8.26. The lowest BCUT2D eigenvalue weighted by molar-refractivity contribution is 0.867. The van der Waals surface area contributed by atoms with Gasteiger partial charge < -0.3 is 11.1 Å². The van der Waals surface area contributed by atoms with Crippen molar-refractivity contribution in [1.29, 1.82) is 0 Å². The van der Waals surface area contributed by atoms with Crippen LogP contribution in [0.15, 0.2) is 11.6 Å². The molecule has 0 aliphatic heterocycles. The summed E-state index contributed by atoms with van der Waals surface area (Å²) in [5.41, 5.74) is 8.78. The predicted molar refractivity (Wildman–Crippen MR) is 91.0 cm³/mol. The summed E-state index contributed by atoms with van der Waals surface area (Å²) in [7, 11) is 0. The molecule has 0 saturated heterocycles. The van der Waals surface area contributed by atoms with Crippen molar-refractivity contribution in [2.75, 3.05) is 11.9 Å². The molecule has 2 aromatic rings. The highest BCUT2D eigenvalue weighted by molar-refractivity contribution is 7.80. The number of aryl methyl sites for hydroxylation is 1. The van der Waals surface area contributed by atoms with Gasteiger partial charge in [0.25, 0.3) is 0 Å². The SMILES string of the molecule is CCc1nnc(NCCc2nccs2)c(C(N)=S)c1CC. The Balaban J connectivity index is 2.20. The summed E-state index contributed by atoms with van der Waals surface area (Å²) in [4.78, 5) is 4.63. The van der Waals surface area contributed by atoms with Crippen LogP contribution < -0.4 is 11.1 Å². The van der Waals surface area contributed by atoms with E-state index in [-0.39, 0.29) is 0 Å². The van der Waals surface area contributed by atoms with Crippen molar-refractivity contribution < 1.29 is 0 Å². The highest BCUT2D eigenvalue weighted by Gasteiger charge is 2.16. The van der Waals surface area contributed by atoms with Gasteiger partial charge in [-0.1, -0.05) is 26.1 Å². The fourth-order valence-corrected chi connectivity index (χ4v) is 3.07. The smallest absolute Gasteiger partial charge is 0.159 e. The first kappa shape index (κ1) is 15.8. The number of anilines is 1. The molecule has 2 rings (SSSR count). The number of thiazole rings is 1. The molecule has 0 amide bonds. The third kappa shape index (κ3) is 3.74. The molecule has 112 valence electrons. The van der Waals surface area contributed by atoms with E-state index in [1.165, 1.54) is 0 Å². The molecule has 0 atom stereocenters. The molecule has 2 aromatic heterocycles. The van der Waals surface area contributed by atoms with Crippen LogP contribution in [0.2, 0.25) is 0 Å². The number of hydrogen-bond donors (Lipinski definition) is 2. The minimum Gasteiger partial charge on any atom is -0.389 e. The fraction of sp³-hybridized carbons (Fsp3) is 0.429. The molecule has 0 fully saturated rings. The summed E-state index contributed by atoms with van der Waals surface area (Å²) in [6, 6.07) is 0. The second-order valence-corrected chi connectivity index (χ2v) is 5.94. The predicted octanol–water partition coefficient (Wildman–Crippen LogP) is 2.35. The normalized spacial score (nSPS) is 10.6. The molecule has 0 spiro atoms. The van der Waals surface area contributed by atoms with E-state index in [1.54, 1.807) is 11.3 Å². The summed E-state index contributed by atoms with van der Waals surface area (Å²) < 4.78 is 0. The molecule has 2 heterocycles. The van der Waals surface area contributed by atoms with Gasteiger partial charge in [-0.25, -0.2) is 4.98 Å². The van der Waals surface area contributed by atoms with Crippen LogP contribution in [0, 0.1) is 0 Å². The van der Waals surface area contributed by atoms with Crippen molar-refractivity contribution in [3.05, 3.63) is 33.4 Å². The molecule has 0 bridgehead atoms. The monoisotopic (exact) mass is 321 g/mol. The van der Waals surface area contributed by atoms with Crippen LogP contribution in [0.25, 0.3) is 0 Å². The Bertz CT molecular complexity index is 610. The zero-order chi connectivity index (χ0) is 15.2. The number of aromatic nitrogens is 3. The van der Waals surface area contributed by atoms with Crippen molar-refractivity contribution in [2.24, 2.45) is 5.73 Å². The maximum atomic E-state index is 5.89. The molecule has 21 heavy (non-hydrogen) atoms. The number of nitrogens with two attached hydrogens (primary N) is 1. The van der Waals surface area contributed by atoms with E-state index in [1.807, 2.05) is 11.6 Å². The van der Waals surface area contributed by atoms with Gasteiger partial charge >= 0.3 is 0 Å². The zero-order valence-corrected chi connectivity index (χ0v) is 13.9. The van der Waals surface area contributed by atoms with Gasteiger partial charge in [0, 0.05) is 24.5 Å². The lowest BCUT2D eigenvalue weighted by atomic mass is 10.0. The zero-order valence-electron chi connectivity index (χ0n) is 12.2. The van der Waals surface area contributed by atoms with Gasteiger partial charge in [-0.3, -0.25) is 0 Å². The first-order chi connectivity index (χ1) is 10.2. The third-order valence-corrected chi connectivity index (χ3v) is 4.25. The Morgan fingerprint density at radius 2 is 2.14 bits per heavy atom. The van der Waals surface area contributed by atoms with Crippen molar-refractivity contribution >= 4 is 34.4 Å². The van der Waals surface area contributed by atoms with Gasteiger partial charge in [0.15, 0.2) is 5.82 Å². The summed E-state index contributed by atoms with van der Waals surface area (Å²) in [6.45, 7) is 4.87. The average molecular weight is 321 g/mol. The van der Waals surface area contributed by atoms with Gasteiger partial charge in [-0.15, -0.1) is 16.4 Å². The number of thiocarbonyl (C=S) groups is 1. The summed E-state index contributed by atoms with van der Waals surface area (Å²) >= 11 is 6.85. The largest absolute Gasteiger partial charge is 0.389 e. The quantitative estimate of drug-likeness (QED) is 0.762. The van der Waals surface area contributed by atoms with E-state index in [4.69, 9.17) is 18.0 Å². The van der Waals surface area contributed by atoms with Crippen LogP contribution >= 0.6 is 23.6 Å². The van der Waals surface area contributed by atoms with Crippen molar-refractivity contribution in [2.45, 2.75) is 33.1 Å². The number of hydrogen-bond acceptors (Lipinski definition) is 6. The van der Waals surface area contributed by atoms with Gasteiger partial charge in [0.2, 0.25) is 0 Å². The first-order valence-electron chi connectivity index (χ1n) is 6.97. The number of nitrogens with one attached hydrogen (secondary N) is 1. The fourth-order valence-electron chi connectivity index (χ4n) is 2.23. The minimum atomic E-state index is 0.369. The standard InChI is InChI=1S/C14H19N5S2/c1-3-9-10(4-2)18-19-14(12(9)13(15)20)17-6-5-11-16-7-8-21-11/h7-8H,3-6H2,1-2H3,(H2,15,20)(H,17,19). The summed E-state index contributed by atoms with van der Waals surface area (Å²) in [6.07, 6.45) is 4.32. The van der Waals surface area contributed by atoms with E-state index in [0.717, 1.165) is 47.6 Å². The third-order valence-electron chi connectivity index (χ3n) is 3.21. The Morgan fingerprint density at radius 1 is 1.33 bits per heavy atom. The van der Waals surface area contributed by atoms with E-state index in [9.17, 15) is 0 Å². The average Bonchev–Trinajstić information content (AvgIpc) is 2.99. The summed E-state index contributed by atoms with van der Waals surface area (Å²) in [5, 5.41) is 14.9. The van der Waals surface area contributed by atoms with Crippen molar-refractivity contribution in [3.8, 4) is 0 Å². The van der Waals surface area contributed by atoms with Crippen LogP contribution in [-0.2, 0) is 19.3 Å². The number of rotatable bonds is 7. The van der Waals surface area contributed by atoms with Crippen LogP contribution in [0.5, 0.6) is 0 Å². The minimum absolute atomic E-state index is 0.369. The lowest BCUT2D eigenvalue weighted by Gasteiger charge is -2.15. The second-order valence-electron chi connectivity index (χ2n) is 4.52. The van der Waals surface area contributed by atoms with Crippen LogP contribution in [0.3, 0.4) is 0 Å². The highest BCUT2D eigenvalue weighted by atomic mass is 32.1. The molecule has 3 N–H and O–H groups in total. The van der Waals surface area contributed by atoms with Crippen LogP contribution in [0.1, 0.15) is 35.7 Å². The van der Waals surface area contributed by atoms with Crippen LogP contribution in [-0.4, -0.2) is 26.7 Å². The van der Waals surface area contributed by atoms with E-state index in [2.05, 4.69) is 34.3 Å². The van der Waals surface area contributed by atoms with Gasteiger partial charge in [-0.2, -0.15) is 5.10 Å². The molecular weight excluding hydrogens is 302 g/mol. The van der Waals surface area contributed by atoms with E-state index < -0.39 is 0 Å². The molecule has 5 nitrogen and oxygen atoms in total. The molecule has 0 aromatic carbocycles. The van der Waals surface area contributed by atoms with E-state index >= 15 is 0 Å². The second kappa shape index (κ2) is 7.42. The van der Waals surface area contributed by atoms with Gasteiger partial charge in [-0.05, 0) is 18.4 Å². The Morgan fingerprint density at radius 3 is 2.71 bits per heavy atom. The maximum Gasteiger partial charge on any atom is 0.159 e. The van der Waals surface area contributed by atoms with Crippen molar-refractivity contribution in [3.63, 3.8) is 0 Å². The van der Waals surface area contributed by atoms with Crippen LogP contribution in [0.4, 0.5) is 5.82 Å². The number of nitrogens with zero attached hydrogens (tertiary/aromatic N) is 3. The molecule has 7 heteroatoms. The molecule has 0 saturated carbocycles. The van der Waals surface area contributed by atoms with Crippen molar-refractivity contribution in [1.82, 2.24) is 15.2 Å². The lowest BCUT2D eigenvalue weighted by Crippen LogP contribution is -2.20. The Kier molecular flexibility index (Phi) is 5.58. The molecule has 0 aliphatic rings. The Hall–Kier alpha value is -1.60. The topological polar surface area (TPSA) is 76.7 Å². The maximum absolute atomic E-state index is 5.89. The van der Waals surface area contributed by atoms with Gasteiger partial charge in [0.1, 0.15) is 4.99 Å². The Labute approximate surface area is 134 Å².